The maximum absolute atomic E-state index is 13.5. The highest BCUT2D eigenvalue weighted by Crippen LogP contribution is 2.29. The zero-order chi connectivity index (χ0) is 23.7. The Balaban J connectivity index is 1.18. The zero-order valence-corrected chi connectivity index (χ0v) is 19.2. The lowest BCUT2D eigenvalue weighted by Crippen LogP contribution is -2.33. The Bertz CT molecular complexity index is 1180. The molecule has 2 N–H and O–H groups in total. The molecule has 2 atom stereocenters. The molecule has 0 saturated carbocycles. The van der Waals surface area contributed by atoms with Gasteiger partial charge in [-0.25, -0.2) is 13.5 Å². The molecule has 0 bridgehead atoms. The smallest absolute Gasteiger partial charge is 0.274 e. The van der Waals surface area contributed by atoms with Gasteiger partial charge in [-0.05, 0) is 80.5 Å². The number of rotatable bonds is 7. The van der Waals surface area contributed by atoms with E-state index in [-0.39, 0.29) is 29.6 Å². The van der Waals surface area contributed by atoms with Crippen LogP contribution >= 0.6 is 0 Å². The monoisotopic (exact) mass is 465 g/mol. The number of hydrogen-bond acceptors (Lipinski definition) is 4. The first-order chi connectivity index (χ1) is 16.5. The minimum absolute atomic E-state index is 0.0749. The summed E-state index contributed by atoms with van der Waals surface area (Å²) in [6.07, 6.45) is 5.31. The van der Waals surface area contributed by atoms with E-state index in [1.54, 1.807) is 33.8 Å². The lowest BCUT2D eigenvalue weighted by molar-refractivity contribution is 0.0784. The molecule has 1 fully saturated rings. The number of carbonyl (C=O) groups excluding carboxylic acids is 1. The van der Waals surface area contributed by atoms with E-state index in [2.05, 4.69) is 16.0 Å². The molecule has 1 amide bonds. The van der Waals surface area contributed by atoms with Crippen LogP contribution in [-0.2, 0) is 12.8 Å². The minimum Gasteiger partial charge on any atom is -0.340 e. The van der Waals surface area contributed by atoms with Gasteiger partial charge in [-0.15, -0.1) is 0 Å². The predicted molar refractivity (Wildman–Crippen MR) is 126 cm³/mol. The Morgan fingerprint density at radius 2 is 1.94 bits per heavy atom. The normalized spacial score (nSPS) is 19.4. The average molecular weight is 466 g/mol. The molecule has 34 heavy (non-hydrogen) atoms. The van der Waals surface area contributed by atoms with Gasteiger partial charge in [-0.2, -0.15) is 5.10 Å². The number of nitrogens with zero attached hydrogens (tertiary/aromatic N) is 3. The number of hydrogen-bond donors (Lipinski definition) is 2. The first kappa shape index (κ1) is 22.7. The second kappa shape index (κ2) is 9.64. The Morgan fingerprint density at radius 3 is 2.74 bits per heavy atom. The van der Waals surface area contributed by atoms with E-state index in [9.17, 15) is 13.6 Å². The van der Waals surface area contributed by atoms with Crippen molar-refractivity contribution in [3.05, 3.63) is 82.7 Å². The van der Waals surface area contributed by atoms with Crippen LogP contribution in [0.25, 0.3) is 5.69 Å². The molecule has 6 nitrogen and oxygen atoms in total. The van der Waals surface area contributed by atoms with E-state index in [0.717, 1.165) is 61.0 Å². The third-order valence-corrected chi connectivity index (χ3v) is 6.83. The van der Waals surface area contributed by atoms with Gasteiger partial charge < -0.3 is 4.90 Å². The highest BCUT2D eigenvalue weighted by atomic mass is 19.1. The molecule has 2 heterocycles. The highest BCUT2D eigenvalue weighted by molar-refractivity contribution is 5.94. The SMILES string of the molecule is CN(CCCC1CC(c2cccc(F)c2)NN1)C(=O)c1nn(-c2ccc(F)cc2)c2c1CCC2. The lowest BCUT2D eigenvalue weighted by atomic mass is 9.99. The van der Waals surface area contributed by atoms with E-state index in [1.165, 1.54) is 18.2 Å². The van der Waals surface area contributed by atoms with E-state index in [1.807, 2.05) is 13.1 Å². The largest absolute Gasteiger partial charge is 0.340 e. The maximum atomic E-state index is 13.5. The second-order valence-corrected chi connectivity index (χ2v) is 9.21. The summed E-state index contributed by atoms with van der Waals surface area (Å²) in [6.45, 7) is 0.625. The minimum atomic E-state index is -0.294. The number of carbonyl (C=O) groups is 1. The Kier molecular flexibility index (Phi) is 6.43. The van der Waals surface area contributed by atoms with E-state index >= 15 is 0 Å². The molecule has 2 unspecified atom stereocenters. The van der Waals surface area contributed by atoms with Crippen LogP contribution < -0.4 is 10.9 Å². The highest BCUT2D eigenvalue weighted by Gasteiger charge is 2.29. The fraction of sp³-hybridized carbons (Fsp3) is 0.385. The molecule has 1 aliphatic heterocycles. The van der Waals surface area contributed by atoms with Crippen LogP contribution in [0.15, 0.2) is 48.5 Å². The fourth-order valence-corrected chi connectivity index (χ4v) is 5.02. The molecular weight excluding hydrogens is 436 g/mol. The summed E-state index contributed by atoms with van der Waals surface area (Å²) in [6, 6.07) is 13.2. The molecule has 0 spiro atoms. The summed E-state index contributed by atoms with van der Waals surface area (Å²) >= 11 is 0. The maximum Gasteiger partial charge on any atom is 0.274 e. The second-order valence-electron chi connectivity index (χ2n) is 9.21. The summed E-state index contributed by atoms with van der Waals surface area (Å²) in [5.74, 6) is -0.594. The molecule has 8 heteroatoms. The summed E-state index contributed by atoms with van der Waals surface area (Å²) in [7, 11) is 1.82. The third-order valence-electron chi connectivity index (χ3n) is 6.83. The van der Waals surface area contributed by atoms with Gasteiger partial charge in [0.1, 0.15) is 11.6 Å². The van der Waals surface area contributed by atoms with Crippen molar-refractivity contribution in [3.8, 4) is 5.69 Å². The van der Waals surface area contributed by atoms with Gasteiger partial charge in [0.2, 0.25) is 0 Å². The summed E-state index contributed by atoms with van der Waals surface area (Å²) in [4.78, 5) is 15.0. The number of nitrogens with one attached hydrogen (secondary N) is 2. The van der Waals surface area contributed by atoms with Gasteiger partial charge in [0.15, 0.2) is 5.69 Å². The molecule has 5 rings (SSSR count). The van der Waals surface area contributed by atoms with Crippen molar-refractivity contribution in [1.29, 1.82) is 0 Å². The number of benzene rings is 2. The molecule has 1 saturated heterocycles. The lowest BCUT2D eigenvalue weighted by Gasteiger charge is -2.18. The van der Waals surface area contributed by atoms with Crippen LogP contribution in [-0.4, -0.2) is 40.2 Å². The van der Waals surface area contributed by atoms with Crippen LogP contribution in [0.2, 0.25) is 0 Å². The standard InChI is InChI=1S/C26H29F2N5O/c1-32(14-4-7-20-16-23(30-29-20)17-5-2-6-19(28)15-17)26(34)25-22-8-3-9-24(22)33(31-25)21-12-10-18(27)11-13-21/h2,5-6,10-13,15,20,23,29-30H,3-4,7-9,14,16H2,1H3. The van der Waals surface area contributed by atoms with Crippen molar-refractivity contribution >= 4 is 5.91 Å². The molecule has 1 aromatic heterocycles. The number of hydrazine groups is 1. The summed E-state index contributed by atoms with van der Waals surface area (Å²) in [5, 5.41) is 4.64. The van der Waals surface area contributed by atoms with Crippen LogP contribution in [0.4, 0.5) is 8.78 Å². The predicted octanol–water partition coefficient (Wildman–Crippen LogP) is 4.10. The fourth-order valence-electron chi connectivity index (χ4n) is 5.02. The zero-order valence-electron chi connectivity index (χ0n) is 19.2. The summed E-state index contributed by atoms with van der Waals surface area (Å²) < 4.78 is 28.7. The first-order valence-electron chi connectivity index (χ1n) is 11.9. The van der Waals surface area contributed by atoms with Crippen LogP contribution in [0.3, 0.4) is 0 Å². The van der Waals surface area contributed by atoms with Crippen molar-refractivity contribution in [2.75, 3.05) is 13.6 Å². The van der Waals surface area contributed by atoms with Gasteiger partial charge in [0.05, 0.1) is 5.69 Å². The molecule has 178 valence electrons. The molecule has 2 aliphatic rings. The van der Waals surface area contributed by atoms with E-state index in [0.29, 0.717) is 12.2 Å². The Morgan fingerprint density at radius 1 is 1.12 bits per heavy atom. The van der Waals surface area contributed by atoms with Gasteiger partial charge in [0, 0.05) is 36.9 Å². The average Bonchev–Trinajstić information content (AvgIpc) is 3.56. The molecule has 2 aromatic carbocycles. The molecule has 3 aromatic rings. The molecular formula is C26H29F2N5O. The van der Waals surface area contributed by atoms with Crippen molar-refractivity contribution < 1.29 is 13.6 Å². The van der Waals surface area contributed by atoms with E-state index < -0.39 is 0 Å². The number of halogens is 2. The van der Waals surface area contributed by atoms with Crippen LogP contribution in [0, 0.1) is 11.6 Å². The van der Waals surface area contributed by atoms with Crippen molar-refractivity contribution in [2.45, 2.75) is 50.6 Å². The first-order valence-corrected chi connectivity index (χ1v) is 11.9. The molecule has 1 aliphatic carbocycles. The van der Waals surface area contributed by atoms with Gasteiger partial charge in [0.25, 0.3) is 5.91 Å². The van der Waals surface area contributed by atoms with Gasteiger partial charge in [-0.1, -0.05) is 12.1 Å². The Labute approximate surface area is 197 Å². The van der Waals surface area contributed by atoms with Gasteiger partial charge >= 0.3 is 0 Å². The van der Waals surface area contributed by atoms with Crippen molar-refractivity contribution in [2.24, 2.45) is 0 Å². The summed E-state index contributed by atoms with van der Waals surface area (Å²) in [5.41, 5.74) is 10.8. The quantitative estimate of drug-likeness (QED) is 0.552. The van der Waals surface area contributed by atoms with Gasteiger partial charge in [-0.3, -0.25) is 15.6 Å². The number of amides is 1. The van der Waals surface area contributed by atoms with Crippen LogP contribution in [0.1, 0.15) is 59.0 Å². The van der Waals surface area contributed by atoms with Crippen molar-refractivity contribution in [3.63, 3.8) is 0 Å². The third kappa shape index (κ3) is 4.60. The number of fused-ring (bicyclic) bond motifs is 1. The van der Waals surface area contributed by atoms with Crippen LogP contribution in [0.5, 0.6) is 0 Å². The topological polar surface area (TPSA) is 62.2 Å². The van der Waals surface area contributed by atoms with Crippen molar-refractivity contribution in [1.82, 2.24) is 25.5 Å². The number of aromatic nitrogens is 2. The molecule has 0 radical (unpaired) electrons. The van der Waals surface area contributed by atoms with E-state index in [4.69, 9.17) is 0 Å². The Hall–Kier alpha value is -3.10.